The Morgan fingerprint density at radius 3 is 2.34 bits per heavy atom. The summed E-state index contributed by atoms with van der Waals surface area (Å²) in [5, 5.41) is 3.59. The molecule has 2 aliphatic heterocycles. The SMILES string of the molecule is O=C(NCCN1CCN(C(=O)c2ccc(Cl)cc2)CC1)C1CC(=O)N(c2ccccc2)C1. The molecule has 7 nitrogen and oxygen atoms in total. The molecule has 4 rings (SSSR count). The van der Waals surface area contributed by atoms with Crippen molar-refractivity contribution in [1.29, 1.82) is 0 Å². The van der Waals surface area contributed by atoms with Crippen LogP contribution in [0, 0.1) is 5.92 Å². The van der Waals surface area contributed by atoms with E-state index in [9.17, 15) is 14.4 Å². The lowest BCUT2D eigenvalue weighted by molar-refractivity contribution is -0.126. The molecule has 0 aliphatic carbocycles. The highest BCUT2D eigenvalue weighted by atomic mass is 35.5. The van der Waals surface area contributed by atoms with Crippen molar-refractivity contribution in [2.24, 2.45) is 5.92 Å². The topological polar surface area (TPSA) is 73.0 Å². The van der Waals surface area contributed by atoms with Crippen LogP contribution in [0.15, 0.2) is 54.6 Å². The van der Waals surface area contributed by atoms with Crippen molar-refractivity contribution >= 4 is 35.0 Å². The summed E-state index contributed by atoms with van der Waals surface area (Å²) < 4.78 is 0. The molecule has 0 bridgehead atoms. The van der Waals surface area contributed by atoms with Gasteiger partial charge >= 0.3 is 0 Å². The Hall–Kier alpha value is -2.90. The summed E-state index contributed by atoms with van der Waals surface area (Å²) in [6.45, 7) is 4.49. The van der Waals surface area contributed by atoms with Gasteiger partial charge in [-0.15, -0.1) is 0 Å². The Labute approximate surface area is 192 Å². The third kappa shape index (κ3) is 5.29. The standard InChI is InChI=1S/C24H27ClN4O3/c25-20-8-6-18(7-9-20)24(32)28-14-12-27(13-15-28)11-10-26-23(31)19-16-22(30)29(17-19)21-4-2-1-3-5-21/h1-9,19H,10-17H2,(H,26,31). The highest BCUT2D eigenvalue weighted by Gasteiger charge is 2.35. The van der Waals surface area contributed by atoms with Crippen LogP contribution in [-0.4, -0.2) is 73.3 Å². The maximum atomic E-state index is 12.6. The summed E-state index contributed by atoms with van der Waals surface area (Å²) in [6.07, 6.45) is 0.242. The van der Waals surface area contributed by atoms with Gasteiger partial charge in [0.15, 0.2) is 0 Å². The van der Waals surface area contributed by atoms with Crippen molar-refractivity contribution in [3.63, 3.8) is 0 Å². The molecule has 32 heavy (non-hydrogen) atoms. The van der Waals surface area contributed by atoms with E-state index in [1.54, 1.807) is 29.2 Å². The fraction of sp³-hybridized carbons (Fsp3) is 0.375. The number of para-hydroxylation sites is 1. The predicted molar refractivity (Wildman–Crippen MR) is 124 cm³/mol. The molecule has 3 amide bonds. The predicted octanol–water partition coefficient (Wildman–Crippen LogP) is 2.27. The molecule has 1 N–H and O–H groups in total. The van der Waals surface area contributed by atoms with E-state index in [-0.39, 0.29) is 30.1 Å². The van der Waals surface area contributed by atoms with Crippen LogP contribution in [0.5, 0.6) is 0 Å². The molecule has 2 aliphatic rings. The van der Waals surface area contributed by atoms with E-state index in [4.69, 9.17) is 11.6 Å². The summed E-state index contributed by atoms with van der Waals surface area (Å²) in [7, 11) is 0. The number of benzene rings is 2. The lowest BCUT2D eigenvalue weighted by atomic mass is 10.1. The van der Waals surface area contributed by atoms with Gasteiger partial charge in [0, 0.05) is 68.5 Å². The van der Waals surface area contributed by atoms with E-state index in [0.717, 1.165) is 25.3 Å². The number of amides is 3. The zero-order valence-corrected chi connectivity index (χ0v) is 18.6. The summed E-state index contributed by atoms with van der Waals surface area (Å²) >= 11 is 5.90. The number of carbonyl (C=O) groups is 3. The molecular formula is C24H27ClN4O3. The molecule has 0 saturated carbocycles. The van der Waals surface area contributed by atoms with Crippen LogP contribution in [0.3, 0.4) is 0 Å². The fourth-order valence-electron chi connectivity index (χ4n) is 4.17. The van der Waals surface area contributed by atoms with Crippen LogP contribution < -0.4 is 10.2 Å². The normalized spacial score (nSPS) is 19.3. The molecule has 168 valence electrons. The molecule has 2 aromatic carbocycles. The summed E-state index contributed by atoms with van der Waals surface area (Å²) in [5.74, 6) is -0.397. The van der Waals surface area contributed by atoms with Gasteiger partial charge in [-0.25, -0.2) is 0 Å². The number of hydrogen-bond acceptors (Lipinski definition) is 4. The number of nitrogens with zero attached hydrogens (tertiary/aromatic N) is 3. The molecule has 2 saturated heterocycles. The summed E-state index contributed by atoms with van der Waals surface area (Å²) in [6, 6.07) is 16.4. The molecule has 0 spiro atoms. The van der Waals surface area contributed by atoms with E-state index >= 15 is 0 Å². The van der Waals surface area contributed by atoms with Gasteiger partial charge in [0.25, 0.3) is 5.91 Å². The first kappa shape index (κ1) is 22.3. The highest BCUT2D eigenvalue weighted by Crippen LogP contribution is 2.24. The lowest BCUT2D eigenvalue weighted by Gasteiger charge is -2.34. The van der Waals surface area contributed by atoms with Crippen molar-refractivity contribution in [2.75, 3.05) is 50.7 Å². The van der Waals surface area contributed by atoms with Gasteiger partial charge in [-0.3, -0.25) is 19.3 Å². The number of nitrogens with one attached hydrogen (secondary N) is 1. The maximum Gasteiger partial charge on any atom is 0.253 e. The second kappa shape index (κ2) is 10.1. The average Bonchev–Trinajstić information content (AvgIpc) is 3.22. The summed E-state index contributed by atoms with van der Waals surface area (Å²) in [5.41, 5.74) is 1.48. The second-order valence-corrected chi connectivity index (χ2v) is 8.61. The van der Waals surface area contributed by atoms with E-state index < -0.39 is 0 Å². The molecule has 0 radical (unpaired) electrons. The molecule has 1 unspecified atom stereocenters. The largest absolute Gasteiger partial charge is 0.355 e. The first-order valence-electron chi connectivity index (χ1n) is 10.9. The first-order chi connectivity index (χ1) is 15.5. The Kier molecular flexibility index (Phi) is 7.07. The third-order valence-corrected chi connectivity index (χ3v) is 6.29. The number of halogens is 1. The maximum absolute atomic E-state index is 12.6. The molecule has 2 fully saturated rings. The van der Waals surface area contributed by atoms with Gasteiger partial charge in [-0.2, -0.15) is 0 Å². The van der Waals surface area contributed by atoms with Crippen LogP contribution in [0.1, 0.15) is 16.8 Å². The van der Waals surface area contributed by atoms with Crippen LogP contribution in [0.25, 0.3) is 0 Å². The number of carbonyl (C=O) groups excluding carboxylic acids is 3. The van der Waals surface area contributed by atoms with Crippen LogP contribution in [-0.2, 0) is 9.59 Å². The van der Waals surface area contributed by atoms with Crippen molar-refractivity contribution in [1.82, 2.24) is 15.1 Å². The Bertz CT molecular complexity index is 959. The summed E-state index contributed by atoms with van der Waals surface area (Å²) in [4.78, 5) is 43.2. The molecular weight excluding hydrogens is 428 g/mol. The Balaban J connectivity index is 1.18. The lowest BCUT2D eigenvalue weighted by Crippen LogP contribution is -2.50. The van der Waals surface area contributed by atoms with Gasteiger partial charge < -0.3 is 15.1 Å². The van der Waals surface area contributed by atoms with Gasteiger partial charge in [-0.05, 0) is 36.4 Å². The molecule has 2 aromatic rings. The minimum atomic E-state index is -0.323. The van der Waals surface area contributed by atoms with Gasteiger partial charge in [0.2, 0.25) is 11.8 Å². The Morgan fingerprint density at radius 1 is 0.969 bits per heavy atom. The van der Waals surface area contributed by atoms with E-state index in [1.807, 2.05) is 35.2 Å². The molecule has 8 heteroatoms. The van der Waals surface area contributed by atoms with Gasteiger partial charge in [-0.1, -0.05) is 29.8 Å². The van der Waals surface area contributed by atoms with Crippen LogP contribution >= 0.6 is 11.6 Å². The van der Waals surface area contributed by atoms with E-state index in [1.165, 1.54) is 0 Å². The minimum Gasteiger partial charge on any atom is -0.355 e. The number of hydrogen-bond donors (Lipinski definition) is 1. The van der Waals surface area contributed by atoms with Crippen molar-refractivity contribution in [2.45, 2.75) is 6.42 Å². The number of piperazine rings is 1. The molecule has 2 heterocycles. The minimum absolute atomic E-state index is 0.0159. The number of anilines is 1. The molecule has 0 aromatic heterocycles. The van der Waals surface area contributed by atoms with E-state index in [2.05, 4.69) is 10.2 Å². The number of rotatable bonds is 6. The zero-order chi connectivity index (χ0) is 22.5. The van der Waals surface area contributed by atoms with Crippen LogP contribution in [0.2, 0.25) is 5.02 Å². The van der Waals surface area contributed by atoms with Gasteiger partial charge in [0.05, 0.1) is 5.92 Å². The monoisotopic (exact) mass is 454 g/mol. The highest BCUT2D eigenvalue weighted by molar-refractivity contribution is 6.30. The zero-order valence-electron chi connectivity index (χ0n) is 17.9. The van der Waals surface area contributed by atoms with E-state index in [0.29, 0.717) is 36.8 Å². The fourth-order valence-corrected chi connectivity index (χ4v) is 4.30. The van der Waals surface area contributed by atoms with Crippen molar-refractivity contribution in [3.8, 4) is 0 Å². The van der Waals surface area contributed by atoms with Gasteiger partial charge in [0.1, 0.15) is 0 Å². The third-order valence-electron chi connectivity index (χ3n) is 6.04. The Morgan fingerprint density at radius 2 is 1.66 bits per heavy atom. The first-order valence-corrected chi connectivity index (χ1v) is 11.3. The smallest absolute Gasteiger partial charge is 0.253 e. The van der Waals surface area contributed by atoms with Crippen molar-refractivity contribution < 1.29 is 14.4 Å². The second-order valence-electron chi connectivity index (χ2n) is 8.17. The van der Waals surface area contributed by atoms with Crippen LogP contribution in [0.4, 0.5) is 5.69 Å². The van der Waals surface area contributed by atoms with Crippen molar-refractivity contribution in [3.05, 3.63) is 65.2 Å². The average molecular weight is 455 g/mol. The quantitative estimate of drug-likeness (QED) is 0.726. The molecule has 1 atom stereocenters.